The lowest BCUT2D eigenvalue weighted by atomic mass is 9.78. The van der Waals surface area contributed by atoms with Crippen molar-refractivity contribution < 1.29 is 28.4 Å². The number of methoxy groups -OCH3 is 2. The topological polar surface area (TPSA) is 128 Å². The first-order valence-electron chi connectivity index (χ1n) is 14.2. The van der Waals surface area contributed by atoms with E-state index in [4.69, 9.17) is 42.0 Å². The second-order valence-electron chi connectivity index (χ2n) is 11.5. The van der Waals surface area contributed by atoms with Gasteiger partial charge >= 0.3 is 19.1 Å². The summed E-state index contributed by atoms with van der Waals surface area (Å²) in [6.07, 6.45) is 0. The van der Waals surface area contributed by atoms with Crippen molar-refractivity contribution in [3.8, 4) is 11.3 Å². The van der Waals surface area contributed by atoms with Gasteiger partial charge in [-0.2, -0.15) is 0 Å². The molecule has 0 unspecified atom stereocenters. The van der Waals surface area contributed by atoms with Gasteiger partial charge < -0.3 is 28.8 Å². The van der Waals surface area contributed by atoms with E-state index in [1.54, 1.807) is 36.4 Å². The zero-order valence-corrected chi connectivity index (χ0v) is 31.2. The summed E-state index contributed by atoms with van der Waals surface area (Å²) in [5, 5.41) is 1.05. The highest BCUT2D eigenvalue weighted by molar-refractivity contribution is 14.1. The number of esters is 2. The number of H-pyrrole nitrogens is 2. The van der Waals surface area contributed by atoms with E-state index in [0.717, 1.165) is 38.0 Å². The molecule has 48 heavy (non-hydrogen) atoms. The Labute approximate surface area is 308 Å². The second kappa shape index (κ2) is 17.7. The van der Waals surface area contributed by atoms with Crippen LogP contribution in [0.15, 0.2) is 36.4 Å². The predicted octanol–water partition coefficient (Wildman–Crippen LogP) is 8.46. The first kappa shape index (κ1) is 43.1. The summed E-state index contributed by atoms with van der Waals surface area (Å²) in [6.45, 7) is 15.6. The van der Waals surface area contributed by atoms with Crippen LogP contribution in [0, 0.1) is 31.4 Å². The molecule has 2 aromatic carbocycles. The summed E-state index contributed by atoms with van der Waals surface area (Å²) in [6, 6.07) is 9.91. The van der Waals surface area contributed by atoms with E-state index in [-0.39, 0.29) is 14.9 Å². The van der Waals surface area contributed by atoms with Crippen molar-refractivity contribution >= 4 is 70.3 Å². The molecule has 1 aliphatic heterocycles. The molecule has 1 fully saturated rings. The van der Waals surface area contributed by atoms with Gasteiger partial charge in [-0.3, -0.25) is 0 Å². The Morgan fingerprint density at radius 2 is 1.23 bits per heavy atom. The van der Waals surface area contributed by atoms with Crippen molar-refractivity contribution in [2.24, 2.45) is 0 Å². The van der Waals surface area contributed by atoms with Crippen LogP contribution >= 0.6 is 45.8 Å². The molecular weight excluding hydrogens is 769 g/mol. The van der Waals surface area contributed by atoms with Crippen molar-refractivity contribution in [1.29, 1.82) is 0 Å². The quantitative estimate of drug-likeness (QED) is 0.119. The van der Waals surface area contributed by atoms with Crippen LogP contribution in [0.3, 0.4) is 0 Å². The third-order valence-electron chi connectivity index (χ3n) is 7.51. The molecular formula is C34H46BCl2IN4O6. The highest BCUT2D eigenvalue weighted by atomic mass is 127. The highest BCUT2D eigenvalue weighted by Gasteiger charge is 2.52. The molecule has 14 heteroatoms. The summed E-state index contributed by atoms with van der Waals surface area (Å²) in [5.74, 6) is 0.992. The van der Waals surface area contributed by atoms with Crippen LogP contribution in [0.2, 0.25) is 10.0 Å². The average molecular weight is 815 g/mol. The average Bonchev–Trinajstić information content (AvgIpc) is 3.56. The van der Waals surface area contributed by atoms with Crippen molar-refractivity contribution in [2.75, 3.05) is 14.2 Å². The number of ether oxygens (including phenoxy) is 2. The lowest BCUT2D eigenvalue weighted by molar-refractivity contribution is 0.00578. The van der Waals surface area contributed by atoms with Crippen molar-refractivity contribution in [3.63, 3.8) is 0 Å². The number of hydrogen-bond acceptors (Lipinski definition) is 8. The Morgan fingerprint density at radius 3 is 1.62 bits per heavy atom. The minimum absolute atomic E-state index is 0. The predicted molar refractivity (Wildman–Crippen MR) is 203 cm³/mol. The van der Waals surface area contributed by atoms with Crippen LogP contribution in [0.1, 0.15) is 86.3 Å². The maximum atomic E-state index is 11.6. The molecule has 0 radical (unpaired) electrons. The third kappa shape index (κ3) is 10.3. The van der Waals surface area contributed by atoms with Crippen LogP contribution in [0.4, 0.5) is 0 Å². The number of nitrogens with one attached hydrogen (secondary N) is 2. The van der Waals surface area contributed by atoms with Crippen LogP contribution in [-0.2, 0) is 18.8 Å². The van der Waals surface area contributed by atoms with E-state index in [1.807, 2.05) is 55.4 Å². The first-order valence-corrected chi connectivity index (χ1v) is 16.1. The van der Waals surface area contributed by atoms with Gasteiger partial charge in [0.1, 0.15) is 15.3 Å². The summed E-state index contributed by atoms with van der Waals surface area (Å²) in [5.41, 5.74) is 4.14. The zero-order chi connectivity index (χ0) is 34.6. The first-order chi connectivity index (χ1) is 21.4. The number of nitrogens with zero attached hydrogens (tertiary/aromatic N) is 2. The monoisotopic (exact) mass is 814 g/mol. The molecule has 4 aromatic rings. The summed E-state index contributed by atoms with van der Waals surface area (Å²) in [7, 11) is 2.09. The Bertz CT molecular complexity index is 1690. The molecule has 0 aliphatic carbocycles. The Kier molecular flexibility index (Phi) is 15.9. The molecule has 0 spiro atoms. The van der Waals surface area contributed by atoms with Crippen LogP contribution in [0.5, 0.6) is 0 Å². The van der Waals surface area contributed by atoms with E-state index >= 15 is 0 Å². The maximum Gasteiger partial charge on any atom is 0.496 e. The fourth-order valence-electron chi connectivity index (χ4n) is 4.35. The lowest BCUT2D eigenvalue weighted by Crippen LogP contribution is -2.41. The second-order valence-corrected chi connectivity index (χ2v) is 13.4. The van der Waals surface area contributed by atoms with Crippen LogP contribution < -0.4 is 5.46 Å². The van der Waals surface area contributed by atoms with Gasteiger partial charge in [0.05, 0.1) is 47.3 Å². The molecule has 3 heterocycles. The fraction of sp³-hybridized carbons (Fsp3) is 0.412. The molecule has 1 aliphatic rings. The zero-order valence-electron chi connectivity index (χ0n) is 27.5. The van der Waals surface area contributed by atoms with E-state index in [2.05, 4.69) is 42.5 Å². The SMILES string of the molecule is C.C.COC(=O)c1ccc(Cl)c(-c2nc(C)[nH]c2C)c1.COC(=O)c1ccc(Cl)c(B2OC(C)(C)C(C)(C)O2)c1.Cc1nc(I)c(C)[nH]1. The third-order valence-corrected chi connectivity index (χ3v) is 9.24. The van der Waals surface area contributed by atoms with Gasteiger partial charge in [0.25, 0.3) is 0 Å². The number of carbonyl (C=O) groups is 2. The smallest absolute Gasteiger partial charge is 0.465 e. The molecule has 0 saturated carbocycles. The highest BCUT2D eigenvalue weighted by Crippen LogP contribution is 2.37. The molecule has 1 saturated heterocycles. The minimum atomic E-state index is -0.600. The molecule has 0 amide bonds. The van der Waals surface area contributed by atoms with E-state index in [9.17, 15) is 9.59 Å². The number of imidazole rings is 2. The molecule has 10 nitrogen and oxygen atoms in total. The van der Waals surface area contributed by atoms with Gasteiger partial charge in [-0.25, -0.2) is 19.6 Å². The van der Waals surface area contributed by atoms with E-state index in [0.29, 0.717) is 26.6 Å². The number of aromatic amines is 2. The molecule has 2 N–H and O–H groups in total. The molecule has 5 rings (SSSR count). The summed E-state index contributed by atoms with van der Waals surface area (Å²) in [4.78, 5) is 37.8. The van der Waals surface area contributed by atoms with Gasteiger partial charge in [-0.15, -0.1) is 0 Å². The molecule has 262 valence electrons. The largest absolute Gasteiger partial charge is 0.496 e. The molecule has 0 bridgehead atoms. The van der Waals surface area contributed by atoms with Crippen molar-refractivity contribution in [2.45, 2.75) is 81.4 Å². The number of carbonyl (C=O) groups excluding carboxylic acids is 2. The Morgan fingerprint density at radius 1 is 0.771 bits per heavy atom. The maximum absolute atomic E-state index is 11.6. The van der Waals surface area contributed by atoms with Gasteiger partial charge in [-0.1, -0.05) is 38.1 Å². The lowest BCUT2D eigenvalue weighted by Gasteiger charge is -2.32. The van der Waals surface area contributed by atoms with Crippen molar-refractivity contribution in [3.05, 3.63) is 84.3 Å². The van der Waals surface area contributed by atoms with Gasteiger partial charge in [0, 0.05) is 27.4 Å². The Hall–Kier alpha value is -2.91. The van der Waals surface area contributed by atoms with Crippen LogP contribution in [-0.4, -0.2) is 64.4 Å². The number of aromatic nitrogens is 4. The number of hydrogen-bond donors (Lipinski definition) is 2. The normalized spacial score (nSPS) is 13.9. The summed E-state index contributed by atoms with van der Waals surface area (Å²) < 4.78 is 22.4. The summed E-state index contributed by atoms with van der Waals surface area (Å²) >= 11 is 14.6. The molecule has 2 aromatic heterocycles. The molecule has 0 atom stereocenters. The van der Waals surface area contributed by atoms with Gasteiger partial charge in [0.15, 0.2) is 0 Å². The van der Waals surface area contributed by atoms with Crippen LogP contribution in [0.25, 0.3) is 11.3 Å². The van der Waals surface area contributed by atoms with Gasteiger partial charge in [-0.05, 0) is 114 Å². The van der Waals surface area contributed by atoms with E-state index < -0.39 is 30.3 Å². The number of aryl methyl sites for hydroxylation is 4. The van der Waals surface area contributed by atoms with Crippen molar-refractivity contribution in [1.82, 2.24) is 19.9 Å². The van der Waals surface area contributed by atoms with Gasteiger partial charge in [0.2, 0.25) is 0 Å². The number of rotatable bonds is 4. The fourth-order valence-corrected chi connectivity index (χ4v) is 5.26. The Balaban J connectivity index is 0.000000380. The standard InChI is InChI=1S/C14H18BClO4.C13H13ClN2O2.C5H7IN2.2CH4/c1-13(2)14(3,4)20-15(19-13)10-8-9(12(17)18-5)6-7-11(10)16;1-7-12(16-8(2)15-7)10-6-9(13(17)18-3)4-5-11(10)14;1-3-5(6)8-4(2)7-3;;/h6-8H,1-5H3;4-6H,1-3H3,(H,15,16);1-2H3,(H,7,8);2*1H4. The number of halogens is 3. The van der Waals surface area contributed by atoms with E-state index in [1.165, 1.54) is 14.2 Å². The minimum Gasteiger partial charge on any atom is -0.465 e. The number of benzene rings is 2.